The second-order valence-corrected chi connectivity index (χ2v) is 3.95. The van der Waals surface area contributed by atoms with Crippen LogP contribution in [0.3, 0.4) is 0 Å². The topological polar surface area (TPSA) is 85.5 Å². The highest BCUT2D eigenvalue weighted by atomic mass is 16.6. The van der Waals surface area contributed by atoms with Crippen molar-refractivity contribution in [1.29, 1.82) is 0 Å². The summed E-state index contributed by atoms with van der Waals surface area (Å²) < 4.78 is 5.44. The number of rotatable bonds is 4. The molecule has 0 bridgehead atoms. The molecule has 0 unspecified atom stereocenters. The molecule has 1 aromatic heterocycles. The van der Waals surface area contributed by atoms with Crippen LogP contribution in [0, 0.1) is 17.0 Å². The fraction of sp³-hybridized carbons (Fsp3) is 0.154. The second kappa shape index (κ2) is 5.45. The van der Waals surface area contributed by atoms with Gasteiger partial charge in [-0.25, -0.2) is 0 Å². The Morgan fingerprint density at radius 1 is 1.37 bits per heavy atom. The summed E-state index contributed by atoms with van der Waals surface area (Å²) in [4.78, 5) is 14.5. The van der Waals surface area contributed by atoms with Crippen molar-refractivity contribution in [1.82, 2.24) is 4.98 Å². The molecular formula is C13H12N2O4. The van der Waals surface area contributed by atoms with Gasteiger partial charge in [0.05, 0.1) is 17.7 Å². The van der Waals surface area contributed by atoms with Gasteiger partial charge in [-0.2, -0.15) is 0 Å². The fourth-order valence-electron chi connectivity index (χ4n) is 1.53. The predicted octanol–water partition coefficient (Wildman–Crippen LogP) is 2.58. The maximum Gasteiger partial charge on any atom is 0.311 e. The normalized spacial score (nSPS) is 10.2. The molecule has 0 amide bonds. The maximum absolute atomic E-state index is 11.0. The second-order valence-electron chi connectivity index (χ2n) is 3.95. The van der Waals surface area contributed by atoms with Crippen molar-refractivity contribution in [3.05, 3.63) is 57.9 Å². The predicted molar refractivity (Wildman–Crippen MR) is 68.1 cm³/mol. The van der Waals surface area contributed by atoms with Crippen molar-refractivity contribution >= 4 is 5.69 Å². The van der Waals surface area contributed by atoms with Gasteiger partial charge in [-0.15, -0.1) is 0 Å². The van der Waals surface area contributed by atoms with Crippen LogP contribution in [0.5, 0.6) is 11.5 Å². The molecule has 19 heavy (non-hydrogen) atoms. The van der Waals surface area contributed by atoms with E-state index in [1.54, 1.807) is 18.2 Å². The van der Waals surface area contributed by atoms with Crippen LogP contribution in [0.4, 0.5) is 5.69 Å². The van der Waals surface area contributed by atoms with Gasteiger partial charge in [0.15, 0.2) is 0 Å². The van der Waals surface area contributed by atoms with Crippen LogP contribution >= 0.6 is 0 Å². The smallest absolute Gasteiger partial charge is 0.311 e. The lowest BCUT2D eigenvalue weighted by Crippen LogP contribution is -1.96. The van der Waals surface area contributed by atoms with Gasteiger partial charge in [0.1, 0.15) is 5.75 Å². The largest absolute Gasteiger partial charge is 0.449 e. The van der Waals surface area contributed by atoms with E-state index in [1.807, 2.05) is 6.92 Å². The highest BCUT2D eigenvalue weighted by Crippen LogP contribution is 2.31. The molecule has 98 valence electrons. The fourth-order valence-corrected chi connectivity index (χ4v) is 1.53. The Kier molecular flexibility index (Phi) is 3.72. The van der Waals surface area contributed by atoms with E-state index in [-0.39, 0.29) is 18.0 Å². The number of nitrogens with zero attached hydrogens (tertiary/aromatic N) is 2. The molecule has 0 aliphatic heterocycles. The first-order chi connectivity index (χ1) is 9.10. The Balaban J connectivity index is 2.33. The van der Waals surface area contributed by atoms with Crippen LogP contribution in [0.2, 0.25) is 0 Å². The number of nitro benzene ring substituents is 1. The Hall–Kier alpha value is -2.47. The SMILES string of the molecule is Cc1ccc(Oc2ccc(CO)cc2[N+](=O)[O-])cn1. The minimum Gasteiger partial charge on any atom is -0.449 e. The molecule has 0 saturated carbocycles. The standard InChI is InChI=1S/C13H12N2O4/c1-9-2-4-11(7-14-9)19-13-5-3-10(8-16)6-12(13)15(17)18/h2-7,16H,8H2,1H3. The average molecular weight is 260 g/mol. The molecule has 0 radical (unpaired) electrons. The number of pyridine rings is 1. The molecule has 0 aliphatic rings. The number of hydrogen-bond donors (Lipinski definition) is 1. The summed E-state index contributed by atoms with van der Waals surface area (Å²) in [7, 11) is 0. The zero-order valence-electron chi connectivity index (χ0n) is 10.2. The molecule has 0 aliphatic carbocycles. The molecule has 0 saturated heterocycles. The van der Waals surface area contributed by atoms with Gasteiger partial charge in [-0.3, -0.25) is 15.1 Å². The summed E-state index contributed by atoms with van der Waals surface area (Å²) in [5, 5.41) is 19.9. The molecular weight excluding hydrogens is 248 g/mol. The van der Waals surface area contributed by atoms with Crippen LogP contribution in [0.25, 0.3) is 0 Å². The zero-order valence-corrected chi connectivity index (χ0v) is 10.2. The number of aliphatic hydroxyl groups is 1. The number of aromatic nitrogens is 1. The van der Waals surface area contributed by atoms with E-state index in [4.69, 9.17) is 9.84 Å². The van der Waals surface area contributed by atoms with Crippen molar-refractivity contribution in [2.45, 2.75) is 13.5 Å². The van der Waals surface area contributed by atoms with Gasteiger partial charge in [0.25, 0.3) is 0 Å². The van der Waals surface area contributed by atoms with Crippen molar-refractivity contribution in [3.8, 4) is 11.5 Å². The summed E-state index contributed by atoms with van der Waals surface area (Å²) in [6, 6.07) is 7.76. The van der Waals surface area contributed by atoms with E-state index in [9.17, 15) is 10.1 Å². The van der Waals surface area contributed by atoms with Gasteiger partial charge in [-0.1, -0.05) is 6.07 Å². The third-order valence-corrected chi connectivity index (χ3v) is 2.51. The van der Waals surface area contributed by atoms with Crippen LogP contribution < -0.4 is 4.74 Å². The number of hydrogen-bond acceptors (Lipinski definition) is 5. The van der Waals surface area contributed by atoms with E-state index in [0.717, 1.165) is 5.69 Å². The molecule has 1 N–H and O–H groups in total. The van der Waals surface area contributed by atoms with E-state index in [2.05, 4.69) is 4.98 Å². The minimum absolute atomic E-state index is 0.118. The van der Waals surface area contributed by atoms with Gasteiger partial charge in [-0.05, 0) is 30.7 Å². The molecule has 2 rings (SSSR count). The van der Waals surface area contributed by atoms with Crippen LogP contribution in [-0.2, 0) is 6.61 Å². The highest BCUT2D eigenvalue weighted by molar-refractivity contribution is 5.50. The highest BCUT2D eigenvalue weighted by Gasteiger charge is 2.16. The Morgan fingerprint density at radius 2 is 2.16 bits per heavy atom. The summed E-state index contributed by atoms with van der Waals surface area (Å²) in [5.74, 6) is 0.540. The minimum atomic E-state index is -0.546. The lowest BCUT2D eigenvalue weighted by atomic mass is 10.2. The summed E-state index contributed by atoms with van der Waals surface area (Å²) in [5.41, 5.74) is 1.10. The molecule has 0 spiro atoms. The van der Waals surface area contributed by atoms with E-state index in [0.29, 0.717) is 11.3 Å². The molecule has 6 heteroatoms. The maximum atomic E-state index is 11.0. The first kappa shape index (κ1) is 13.0. The summed E-state index contributed by atoms with van der Waals surface area (Å²) >= 11 is 0. The van der Waals surface area contributed by atoms with Gasteiger partial charge >= 0.3 is 5.69 Å². The van der Waals surface area contributed by atoms with Crippen LogP contribution in [0.15, 0.2) is 36.5 Å². The number of aryl methyl sites for hydroxylation is 1. The number of benzene rings is 1. The van der Waals surface area contributed by atoms with Crippen molar-refractivity contribution in [2.24, 2.45) is 0 Å². The molecule has 6 nitrogen and oxygen atoms in total. The van der Waals surface area contributed by atoms with Crippen LogP contribution in [0.1, 0.15) is 11.3 Å². The monoisotopic (exact) mass is 260 g/mol. The van der Waals surface area contributed by atoms with Crippen molar-refractivity contribution in [3.63, 3.8) is 0 Å². The molecule has 2 aromatic rings. The third-order valence-electron chi connectivity index (χ3n) is 2.51. The zero-order chi connectivity index (χ0) is 13.8. The number of aliphatic hydroxyl groups excluding tert-OH is 1. The van der Waals surface area contributed by atoms with E-state index >= 15 is 0 Å². The van der Waals surface area contributed by atoms with Crippen molar-refractivity contribution in [2.75, 3.05) is 0 Å². The van der Waals surface area contributed by atoms with E-state index in [1.165, 1.54) is 18.3 Å². The Morgan fingerprint density at radius 3 is 2.74 bits per heavy atom. The number of nitro groups is 1. The molecule has 0 fully saturated rings. The average Bonchev–Trinajstić information content (AvgIpc) is 2.41. The molecule has 1 heterocycles. The van der Waals surface area contributed by atoms with Crippen molar-refractivity contribution < 1.29 is 14.8 Å². The summed E-state index contributed by atoms with van der Waals surface area (Å²) in [6.07, 6.45) is 1.50. The quantitative estimate of drug-likeness (QED) is 0.674. The van der Waals surface area contributed by atoms with Gasteiger partial charge in [0, 0.05) is 11.8 Å². The number of ether oxygens (including phenoxy) is 1. The first-order valence-corrected chi connectivity index (χ1v) is 5.59. The van der Waals surface area contributed by atoms with Gasteiger partial charge < -0.3 is 9.84 Å². The van der Waals surface area contributed by atoms with E-state index < -0.39 is 4.92 Å². The van der Waals surface area contributed by atoms with Crippen LogP contribution in [-0.4, -0.2) is 15.0 Å². The first-order valence-electron chi connectivity index (χ1n) is 5.59. The lowest BCUT2D eigenvalue weighted by molar-refractivity contribution is -0.385. The summed E-state index contributed by atoms with van der Waals surface area (Å²) in [6.45, 7) is 1.58. The molecule has 0 atom stereocenters. The molecule has 1 aromatic carbocycles. The Bertz CT molecular complexity index is 596. The third kappa shape index (κ3) is 3.05. The lowest BCUT2D eigenvalue weighted by Gasteiger charge is -2.07. The van der Waals surface area contributed by atoms with Gasteiger partial charge in [0.2, 0.25) is 5.75 Å². The Labute approximate surface area is 109 Å².